The first-order chi connectivity index (χ1) is 10.1. The number of aromatic nitrogens is 2. The van der Waals surface area contributed by atoms with Gasteiger partial charge in [-0.3, -0.25) is 9.69 Å². The molecule has 0 amide bonds. The highest BCUT2D eigenvalue weighted by Crippen LogP contribution is 2.44. The maximum Gasteiger partial charge on any atom is 0.308 e. The molecule has 1 aromatic heterocycles. The summed E-state index contributed by atoms with van der Waals surface area (Å²) in [6.07, 6.45) is 5.49. The summed E-state index contributed by atoms with van der Waals surface area (Å²) in [5.74, 6) is 0.0652. The number of imidazole rings is 1. The lowest BCUT2D eigenvalue weighted by atomic mass is 9.72. The Balaban J connectivity index is 1.75. The van der Waals surface area contributed by atoms with Crippen LogP contribution in [-0.2, 0) is 22.6 Å². The summed E-state index contributed by atoms with van der Waals surface area (Å²) in [7, 11) is 0. The van der Waals surface area contributed by atoms with Crippen LogP contribution in [0, 0.1) is 11.3 Å². The molecule has 1 spiro atoms. The quantitative estimate of drug-likeness (QED) is 0.904. The van der Waals surface area contributed by atoms with E-state index in [2.05, 4.69) is 21.4 Å². The summed E-state index contributed by atoms with van der Waals surface area (Å²) in [6, 6.07) is 0. The van der Waals surface area contributed by atoms with Gasteiger partial charge in [0.15, 0.2) is 0 Å². The van der Waals surface area contributed by atoms with Gasteiger partial charge in [0.25, 0.3) is 0 Å². The molecule has 2 saturated heterocycles. The number of rotatable bonds is 4. The van der Waals surface area contributed by atoms with Crippen molar-refractivity contribution in [1.29, 1.82) is 0 Å². The van der Waals surface area contributed by atoms with Gasteiger partial charge in [-0.25, -0.2) is 4.98 Å². The van der Waals surface area contributed by atoms with E-state index >= 15 is 0 Å². The second-order valence-electron chi connectivity index (χ2n) is 6.16. The van der Waals surface area contributed by atoms with Gasteiger partial charge in [0.1, 0.15) is 5.82 Å². The van der Waals surface area contributed by atoms with Crippen LogP contribution in [0.15, 0.2) is 12.4 Å². The monoisotopic (exact) mass is 293 g/mol. The van der Waals surface area contributed by atoms with Crippen LogP contribution in [-0.4, -0.2) is 51.8 Å². The first kappa shape index (κ1) is 14.5. The van der Waals surface area contributed by atoms with Gasteiger partial charge in [0.05, 0.1) is 12.5 Å². The van der Waals surface area contributed by atoms with Gasteiger partial charge in [0, 0.05) is 50.7 Å². The number of ether oxygens (including phenoxy) is 1. The predicted molar refractivity (Wildman–Crippen MR) is 76.8 cm³/mol. The van der Waals surface area contributed by atoms with Crippen molar-refractivity contribution >= 4 is 5.97 Å². The van der Waals surface area contributed by atoms with Crippen molar-refractivity contribution < 1.29 is 14.6 Å². The van der Waals surface area contributed by atoms with Crippen LogP contribution in [0.5, 0.6) is 0 Å². The van der Waals surface area contributed by atoms with Crippen LogP contribution < -0.4 is 0 Å². The maximum absolute atomic E-state index is 11.7. The molecule has 1 N–H and O–H groups in total. The Hall–Kier alpha value is -1.40. The minimum absolute atomic E-state index is 0.117. The third-order valence-electron chi connectivity index (χ3n) is 5.01. The Morgan fingerprint density at radius 1 is 1.52 bits per heavy atom. The third-order valence-corrected chi connectivity index (χ3v) is 5.01. The lowest BCUT2D eigenvalue weighted by molar-refractivity contribution is -0.147. The molecule has 0 saturated carbocycles. The zero-order valence-corrected chi connectivity index (χ0v) is 12.5. The number of carbonyl (C=O) groups is 1. The van der Waals surface area contributed by atoms with Crippen molar-refractivity contribution in [3.8, 4) is 0 Å². The average molecular weight is 293 g/mol. The Bertz CT molecular complexity index is 508. The zero-order chi connectivity index (χ0) is 14.9. The molecule has 2 aliphatic heterocycles. The average Bonchev–Trinajstić information content (AvgIpc) is 3.05. The molecule has 6 heteroatoms. The lowest BCUT2D eigenvalue weighted by Gasteiger charge is -2.36. The van der Waals surface area contributed by atoms with E-state index < -0.39 is 5.97 Å². The Morgan fingerprint density at radius 2 is 2.29 bits per heavy atom. The number of likely N-dealkylation sites (tertiary alicyclic amines) is 1. The van der Waals surface area contributed by atoms with Gasteiger partial charge >= 0.3 is 5.97 Å². The maximum atomic E-state index is 11.7. The molecular formula is C15H23N3O3. The van der Waals surface area contributed by atoms with Crippen LogP contribution in [0.4, 0.5) is 0 Å². The molecule has 6 nitrogen and oxygen atoms in total. The number of hydrogen-bond donors (Lipinski definition) is 1. The standard InChI is InChI=1S/C15H23N3O3/c1-2-18-6-5-16-13(18)10-17-9-12(14(19)20)15(11-17)3-7-21-8-4-15/h5-6,12H,2-4,7-11H2,1H3,(H,19,20). The van der Waals surface area contributed by atoms with Crippen molar-refractivity contribution in [2.45, 2.75) is 32.9 Å². The van der Waals surface area contributed by atoms with Crippen molar-refractivity contribution in [2.24, 2.45) is 11.3 Å². The molecule has 21 heavy (non-hydrogen) atoms. The molecule has 0 radical (unpaired) electrons. The van der Waals surface area contributed by atoms with E-state index in [1.807, 2.05) is 12.4 Å². The molecule has 2 fully saturated rings. The number of aryl methyl sites for hydroxylation is 1. The molecular weight excluding hydrogens is 270 g/mol. The van der Waals surface area contributed by atoms with E-state index in [4.69, 9.17) is 4.74 Å². The fourth-order valence-corrected chi connectivity index (χ4v) is 3.80. The topological polar surface area (TPSA) is 67.6 Å². The number of carboxylic acid groups (broad SMARTS) is 1. The van der Waals surface area contributed by atoms with E-state index in [0.717, 1.165) is 38.3 Å². The Labute approximate surface area is 124 Å². The van der Waals surface area contributed by atoms with E-state index in [0.29, 0.717) is 19.8 Å². The van der Waals surface area contributed by atoms with Gasteiger partial charge < -0.3 is 14.4 Å². The van der Waals surface area contributed by atoms with Crippen LogP contribution in [0.1, 0.15) is 25.6 Å². The minimum Gasteiger partial charge on any atom is -0.481 e. The van der Waals surface area contributed by atoms with Crippen LogP contribution in [0.2, 0.25) is 0 Å². The summed E-state index contributed by atoms with van der Waals surface area (Å²) >= 11 is 0. The highest BCUT2D eigenvalue weighted by atomic mass is 16.5. The predicted octanol–water partition coefficient (Wildman–Crippen LogP) is 1.22. The Kier molecular flexibility index (Phi) is 3.99. The van der Waals surface area contributed by atoms with Crippen molar-refractivity contribution in [3.05, 3.63) is 18.2 Å². The summed E-state index contributed by atoms with van der Waals surface area (Å²) in [4.78, 5) is 18.3. The molecule has 1 atom stereocenters. The number of aliphatic carboxylic acids is 1. The SMILES string of the molecule is CCn1ccnc1CN1CC(C(=O)O)C2(CCOCC2)C1. The fourth-order valence-electron chi connectivity index (χ4n) is 3.80. The molecule has 0 aliphatic carbocycles. The van der Waals surface area contributed by atoms with Crippen molar-refractivity contribution in [2.75, 3.05) is 26.3 Å². The summed E-state index contributed by atoms with van der Waals surface area (Å²) in [5.41, 5.74) is -0.117. The Morgan fingerprint density at radius 3 is 2.95 bits per heavy atom. The molecule has 0 aromatic carbocycles. The van der Waals surface area contributed by atoms with Gasteiger partial charge in [-0.15, -0.1) is 0 Å². The molecule has 3 heterocycles. The van der Waals surface area contributed by atoms with Gasteiger partial charge in [-0.05, 0) is 19.8 Å². The largest absolute Gasteiger partial charge is 0.481 e. The zero-order valence-electron chi connectivity index (χ0n) is 12.5. The molecule has 116 valence electrons. The van der Waals surface area contributed by atoms with E-state index in [1.165, 1.54) is 0 Å². The molecule has 3 rings (SSSR count). The van der Waals surface area contributed by atoms with E-state index in [9.17, 15) is 9.90 Å². The lowest BCUT2D eigenvalue weighted by Crippen LogP contribution is -2.40. The van der Waals surface area contributed by atoms with Crippen LogP contribution in [0.3, 0.4) is 0 Å². The highest BCUT2D eigenvalue weighted by Gasteiger charge is 2.50. The fraction of sp³-hybridized carbons (Fsp3) is 0.733. The second kappa shape index (κ2) is 5.77. The van der Waals surface area contributed by atoms with Crippen molar-refractivity contribution in [3.63, 3.8) is 0 Å². The summed E-state index contributed by atoms with van der Waals surface area (Å²) < 4.78 is 7.55. The molecule has 1 unspecified atom stereocenters. The minimum atomic E-state index is -0.668. The van der Waals surface area contributed by atoms with Gasteiger partial charge in [-0.2, -0.15) is 0 Å². The molecule has 1 aromatic rings. The van der Waals surface area contributed by atoms with Crippen molar-refractivity contribution in [1.82, 2.24) is 14.5 Å². The summed E-state index contributed by atoms with van der Waals surface area (Å²) in [5, 5.41) is 9.59. The first-order valence-corrected chi connectivity index (χ1v) is 7.67. The van der Waals surface area contributed by atoms with Crippen LogP contribution in [0.25, 0.3) is 0 Å². The van der Waals surface area contributed by atoms with Gasteiger partial charge in [0.2, 0.25) is 0 Å². The van der Waals surface area contributed by atoms with Gasteiger partial charge in [-0.1, -0.05) is 0 Å². The number of hydrogen-bond acceptors (Lipinski definition) is 4. The third kappa shape index (κ3) is 2.70. The van der Waals surface area contributed by atoms with E-state index in [1.54, 1.807) is 0 Å². The normalized spacial score (nSPS) is 25.5. The molecule has 2 aliphatic rings. The number of carboxylic acids is 1. The molecule has 0 bridgehead atoms. The first-order valence-electron chi connectivity index (χ1n) is 7.67. The van der Waals surface area contributed by atoms with Crippen LogP contribution >= 0.6 is 0 Å². The van der Waals surface area contributed by atoms with E-state index in [-0.39, 0.29) is 11.3 Å². The second-order valence-corrected chi connectivity index (χ2v) is 6.16. The summed E-state index contributed by atoms with van der Waals surface area (Å²) in [6.45, 7) is 6.53. The number of nitrogens with zero attached hydrogens (tertiary/aromatic N) is 3. The smallest absolute Gasteiger partial charge is 0.308 e. The highest BCUT2D eigenvalue weighted by molar-refractivity contribution is 5.72.